The molecule has 2 aromatic heterocycles. The van der Waals surface area contributed by atoms with Crippen molar-refractivity contribution < 1.29 is 9.18 Å². The minimum absolute atomic E-state index is 0.191. The molecule has 0 aliphatic heterocycles. The van der Waals surface area contributed by atoms with E-state index in [0.29, 0.717) is 26.8 Å². The van der Waals surface area contributed by atoms with Gasteiger partial charge in [-0.15, -0.1) is 10.2 Å². The Labute approximate surface area is 166 Å². The normalized spacial score (nSPS) is 10.9. The third kappa shape index (κ3) is 4.07. The fourth-order valence-electron chi connectivity index (χ4n) is 2.41. The highest BCUT2D eigenvalue weighted by molar-refractivity contribution is 8.00. The zero-order valence-electron chi connectivity index (χ0n) is 14.2. The number of aromatic nitrogens is 4. The van der Waals surface area contributed by atoms with Crippen LogP contribution in [0.1, 0.15) is 16.1 Å². The lowest BCUT2D eigenvalue weighted by atomic mass is 10.2. The van der Waals surface area contributed by atoms with Gasteiger partial charge in [0.2, 0.25) is 5.13 Å². The second-order valence-corrected chi connectivity index (χ2v) is 7.86. The number of anilines is 1. The third-order valence-corrected chi connectivity index (χ3v) is 5.70. The summed E-state index contributed by atoms with van der Waals surface area (Å²) in [7, 11) is 0. The van der Waals surface area contributed by atoms with Crippen molar-refractivity contribution in [2.75, 3.05) is 5.32 Å². The van der Waals surface area contributed by atoms with E-state index in [-0.39, 0.29) is 16.3 Å². The van der Waals surface area contributed by atoms with Crippen LogP contribution in [0, 0.1) is 5.82 Å². The van der Waals surface area contributed by atoms with Gasteiger partial charge < -0.3 is 4.98 Å². The number of para-hydroxylation sites is 2. The Kier molecular flexibility index (Phi) is 5.13. The number of fused-ring (bicyclic) bond motifs is 1. The van der Waals surface area contributed by atoms with Gasteiger partial charge in [0.05, 0.1) is 11.0 Å². The molecule has 4 aromatic rings. The van der Waals surface area contributed by atoms with Crippen LogP contribution in [0.4, 0.5) is 9.52 Å². The molecule has 0 spiro atoms. The smallest absolute Gasteiger partial charge is 0.271 e. The van der Waals surface area contributed by atoms with Crippen LogP contribution >= 0.6 is 23.1 Å². The molecule has 0 fully saturated rings. The number of halogens is 1. The minimum atomic E-state index is -0.491. The molecular weight excluding hydrogens is 401 g/mol. The van der Waals surface area contributed by atoms with E-state index in [4.69, 9.17) is 0 Å². The Hall–Kier alpha value is -3.11. The third-order valence-electron chi connectivity index (χ3n) is 3.72. The first-order valence-electron chi connectivity index (χ1n) is 8.09. The lowest BCUT2D eigenvalue weighted by Gasteiger charge is -2.01. The number of carbonyl (C=O) groups excluding carboxylic acids is 1. The first-order chi connectivity index (χ1) is 13.6. The molecule has 140 valence electrons. The number of nitrogens with one attached hydrogen (secondary N) is 2. The van der Waals surface area contributed by atoms with Crippen molar-refractivity contribution in [2.24, 2.45) is 0 Å². The van der Waals surface area contributed by atoms with E-state index in [2.05, 4.69) is 25.5 Å². The van der Waals surface area contributed by atoms with Crippen LogP contribution in [-0.4, -0.2) is 26.1 Å². The lowest BCUT2D eigenvalue weighted by Crippen LogP contribution is -2.14. The van der Waals surface area contributed by atoms with Gasteiger partial charge in [0.15, 0.2) is 4.34 Å². The Balaban J connectivity index is 1.43. The summed E-state index contributed by atoms with van der Waals surface area (Å²) in [6, 6.07) is 12.7. The zero-order valence-corrected chi connectivity index (χ0v) is 15.8. The van der Waals surface area contributed by atoms with Crippen LogP contribution in [0.25, 0.3) is 11.0 Å². The van der Waals surface area contributed by atoms with Crippen molar-refractivity contribution in [1.29, 1.82) is 0 Å². The SMILES string of the molecule is O=C(Nc1nnc(SCc2nc3ccccc3[nH]c2=O)s1)c1cccc(F)c1. The number of hydrogen-bond donors (Lipinski definition) is 2. The predicted octanol–water partition coefficient (Wildman–Crippen LogP) is 3.46. The number of amides is 1. The Bertz CT molecular complexity index is 1220. The van der Waals surface area contributed by atoms with E-state index in [9.17, 15) is 14.0 Å². The van der Waals surface area contributed by atoms with Crippen molar-refractivity contribution in [3.8, 4) is 0 Å². The number of nitrogens with zero attached hydrogens (tertiary/aromatic N) is 3. The lowest BCUT2D eigenvalue weighted by molar-refractivity contribution is 0.102. The number of aromatic amines is 1. The van der Waals surface area contributed by atoms with E-state index < -0.39 is 11.7 Å². The highest BCUT2D eigenvalue weighted by Crippen LogP contribution is 2.27. The van der Waals surface area contributed by atoms with Gasteiger partial charge in [0.1, 0.15) is 11.5 Å². The maximum atomic E-state index is 13.2. The van der Waals surface area contributed by atoms with Crippen LogP contribution in [0.15, 0.2) is 57.7 Å². The first kappa shape index (κ1) is 18.3. The number of carbonyl (C=O) groups is 1. The fraction of sp³-hybridized carbons (Fsp3) is 0.0556. The van der Waals surface area contributed by atoms with Gasteiger partial charge in [-0.05, 0) is 30.3 Å². The van der Waals surface area contributed by atoms with E-state index in [1.54, 1.807) is 6.07 Å². The van der Waals surface area contributed by atoms with E-state index in [1.165, 1.54) is 30.0 Å². The molecule has 0 aliphatic carbocycles. The molecule has 0 aliphatic rings. The molecule has 0 unspecified atom stereocenters. The van der Waals surface area contributed by atoms with Gasteiger partial charge in [-0.2, -0.15) is 0 Å². The van der Waals surface area contributed by atoms with Crippen molar-refractivity contribution in [3.63, 3.8) is 0 Å². The summed E-state index contributed by atoms with van der Waals surface area (Å²) in [5.74, 6) is -0.652. The zero-order chi connectivity index (χ0) is 19.5. The Morgan fingerprint density at radius 3 is 2.89 bits per heavy atom. The monoisotopic (exact) mass is 413 g/mol. The van der Waals surface area contributed by atoms with Crippen molar-refractivity contribution in [2.45, 2.75) is 10.1 Å². The molecule has 4 rings (SSSR count). The Morgan fingerprint density at radius 1 is 1.18 bits per heavy atom. The summed E-state index contributed by atoms with van der Waals surface area (Å²) in [5, 5.41) is 10.8. The summed E-state index contributed by atoms with van der Waals surface area (Å²) in [4.78, 5) is 31.4. The van der Waals surface area contributed by atoms with Gasteiger partial charge >= 0.3 is 0 Å². The number of hydrogen-bond acceptors (Lipinski definition) is 7. The van der Waals surface area contributed by atoms with Gasteiger partial charge in [0, 0.05) is 11.3 Å². The van der Waals surface area contributed by atoms with Crippen LogP contribution in [0.2, 0.25) is 0 Å². The van der Waals surface area contributed by atoms with Crippen LogP contribution < -0.4 is 10.9 Å². The molecule has 0 radical (unpaired) electrons. The summed E-state index contributed by atoms with van der Waals surface area (Å²) in [6.45, 7) is 0. The standard InChI is InChI=1S/C18H12FN5O2S2/c19-11-5-3-4-10(8-11)15(25)22-17-23-24-18(28-17)27-9-14-16(26)21-13-7-2-1-6-12(13)20-14/h1-8H,9H2,(H,21,26)(H,22,23,25). The fourth-order valence-corrected chi connectivity index (χ4v) is 4.09. The number of thioether (sulfide) groups is 1. The average Bonchev–Trinajstić information content (AvgIpc) is 3.13. The molecule has 10 heteroatoms. The number of benzene rings is 2. The molecule has 7 nitrogen and oxygen atoms in total. The maximum absolute atomic E-state index is 13.2. The molecule has 2 aromatic carbocycles. The summed E-state index contributed by atoms with van der Waals surface area (Å²) in [6.07, 6.45) is 0. The second kappa shape index (κ2) is 7.87. The van der Waals surface area contributed by atoms with Crippen LogP contribution in [-0.2, 0) is 5.75 Å². The molecule has 0 atom stereocenters. The summed E-state index contributed by atoms with van der Waals surface area (Å²) >= 11 is 2.46. The minimum Gasteiger partial charge on any atom is -0.319 e. The topological polar surface area (TPSA) is 101 Å². The van der Waals surface area contributed by atoms with Gasteiger partial charge in [-0.1, -0.05) is 41.3 Å². The van der Waals surface area contributed by atoms with Gasteiger partial charge in [-0.3, -0.25) is 14.9 Å². The second-order valence-electron chi connectivity index (χ2n) is 5.66. The highest BCUT2D eigenvalue weighted by atomic mass is 32.2. The van der Waals surface area contributed by atoms with Crippen LogP contribution in [0.5, 0.6) is 0 Å². The summed E-state index contributed by atoms with van der Waals surface area (Å²) in [5.41, 5.74) is 1.70. The molecule has 0 bridgehead atoms. The van der Waals surface area contributed by atoms with E-state index in [0.717, 1.165) is 17.4 Å². The van der Waals surface area contributed by atoms with Crippen molar-refractivity contribution >= 4 is 45.2 Å². The van der Waals surface area contributed by atoms with Gasteiger partial charge in [-0.25, -0.2) is 9.37 Å². The molecule has 28 heavy (non-hydrogen) atoms. The molecular formula is C18H12FN5O2S2. The summed E-state index contributed by atoms with van der Waals surface area (Å²) < 4.78 is 13.8. The maximum Gasteiger partial charge on any atom is 0.271 e. The first-order valence-corrected chi connectivity index (χ1v) is 9.90. The van der Waals surface area contributed by atoms with Crippen molar-refractivity contribution in [1.82, 2.24) is 20.2 Å². The molecule has 2 heterocycles. The molecule has 2 N–H and O–H groups in total. The largest absolute Gasteiger partial charge is 0.319 e. The average molecular weight is 413 g/mol. The van der Waals surface area contributed by atoms with Crippen molar-refractivity contribution in [3.05, 3.63) is 76.0 Å². The van der Waals surface area contributed by atoms with Gasteiger partial charge in [0.25, 0.3) is 11.5 Å². The molecule has 0 saturated heterocycles. The highest BCUT2D eigenvalue weighted by Gasteiger charge is 2.12. The number of rotatable bonds is 5. The van der Waals surface area contributed by atoms with E-state index >= 15 is 0 Å². The Morgan fingerprint density at radius 2 is 2.04 bits per heavy atom. The van der Waals surface area contributed by atoms with Crippen LogP contribution in [0.3, 0.4) is 0 Å². The van der Waals surface area contributed by atoms with E-state index in [1.807, 2.05) is 18.2 Å². The molecule has 0 saturated carbocycles. The number of H-pyrrole nitrogens is 1. The molecule has 1 amide bonds. The predicted molar refractivity (Wildman–Crippen MR) is 106 cm³/mol. The quantitative estimate of drug-likeness (QED) is 0.384.